The number of rotatable bonds is 4. The van der Waals surface area contributed by atoms with Crippen LogP contribution in [0.1, 0.15) is 31.1 Å². The van der Waals surface area contributed by atoms with Crippen LogP contribution < -0.4 is 5.73 Å². The zero-order valence-corrected chi connectivity index (χ0v) is 10.6. The van der Waals surface area contributed by atoms with E-state index in [0.29, 0.717) is 12.1 Å². The number of halogens is 5. The molecule has 0 bridgehead atoms. The van der Waals surface area contributed by atoms with Crippen LogP contribution in [0.3, 0.4) is 0 Å². The van der Waals surface area contributed by atoms with Gasteiger partial charge < -0.3 is 5.73 Å². The van der Waals surface area contributed by atoms with Crippen LogP contribution in [0.25, 0.3) is 0 Å². The molecular weight excluding hydrogens is 265 g/mol. The van der Waals surface area contributed by atoms with E-state index in [0.717, 1.165) is 6.07 Å². The van der Waals surface area contributed by atoms with Crippen LogP contribution in [0.4, 0.5) is 22.0 Å². The van der Waals surface area contributed by atoms with Crippen molar-refractivity contribution in [1.29, 1.82) is 0 Å². The van der Waals surface area contributed by atoms with Crippen molar-refractivity contribution in [2.75, 3.05) is 6.54 Å². The molecule has 0 saturated carbocycles. The van der Waals surface area contributed by atoms with Crippen molar-refractivity contribution < 1.29 is 22.0 Å². The Hall–Kier alpha value is -1.17. The highest BCUT2D eigenvalue weighted by Crippen LogP contribution is 2.36. The van der Waals surface area contributed by atoms with Gasteiger partial charge in [0.15, 0.2) is 0 Å². The maximum atomic E-state index is 14.2. The van der Waals surface area contributed by atoms with Crippen molar-refractivity contribution in [3.63, 3.8) is 0 Å². The molecule has 2 atom stereocenters. The first kappa shape index (κ1) is 15.9. The van der Waals surface area contributed by atoms with Crippen LogP contribution in [0.15, 0.2) is 18.2 Å². The highest BCUT2D eigenvalue weighted by Gasteiger charge is 2.35. The van der Waals surface area contributed by atoms with Crippen molar-refractivity contribution in [3.05, 3.63) is 35.1 Å². The summed E-state index contributed by atoms with van der Waals surface area (Å²) in [6.07, 6.45) is -6.48. The first-order chi connectivity index (χ1) is 8.68. The summed E-state index contributed by atoms with van der Waals surface area (Å²) in [6, 6.07) is 2.18. The molecule has 1 aromatic rings. The van der Waals surface area contributed by atoms with Crippen molar-refractivity contribution in [2.24, 2.45) is 17.6 Å². The largest absolute Gasteiger partial charge is 0.419 e. The molecule has 0 spiro atoms. The zero-order chi connectivity index (χ0) is 14.8. The molecule has 0 aliphatic heterocycles. The third kappa shape index (κ3) is 3.65. The topological polar surface area (TPSA) is 26.0 Å². The van der Waals surface area contributed by atoms with Crippen molar-refractivity contribution in [1.82, 2.24) is 0 Å². The molecule has 0 saturated heterocycles. The molecule has 0 aromatic heterocycles. The fourth-order valence-corrected chi connectivity index (χ4v) is 1.91. The van der Waals surface area contributed by atoms with Crippen molar-refractivity contribution >= 4 is 0 Å². The van der Waals surface area contributed by atoms with E-state index in [-0.39, 0.29) is 18.0 Å². The second-order valence-electron chi connectivity index (χ2n) is 4.78. The van der Waals surface area contributed by atoms with Crippen LogP contribution in [0, 0.1) is 17.7 Å². The molecule has 2 N–H and O–H groups in total. The summed E-state index contributed by atoms with van der Waals surface area (Å²) in [4.78, 5) is 0. The minimum Gasteiger partial charge on any atom is -0.330 e. The molecule has 0 aliphatic carbocycles. The van der Waals surface area contributed by atoms with Crippen molar-refractivity contribution in [3.8, 4) is 0 Å². The molecule has 1 rings (SSSR count). The number of alkyl halides is 4. The Morgan fingerprint density at radius 1 is 1.21 bits per heavy atom. The Balaban J connectivity index is 3.15. The van der Waals surface area contributed by atoms with Gasteiger partial charge in [0.2, 0.25) is 0 Å². The van der Waals surface area contributed by atoms with E-state index < -0.39 is 29.6 Å². The van der Waals surface area contributed by atoms with Crippen molar-refractivity contribution in [2.45, 2.75) is 26.2 Å². The lowest BCUT2D eigenvalue weighted by Gasteiger charge is -2.24. The van der Waals surface area contributed by atoms with Crippen LogP contribution in [0.2, 0.25) is 0 Å². The maximum absolute atomic E-state index is 14.2. The molecule has 1 aromatic carbocycles. The Morgan fingerprint density at radius 3 is 2.21 bits per heavy atom. The van der Waals surface area contributed by atoms with Crippen LogP contribution >= 0.6 is 0 Å². The Bertz CT molecular complexity index is 428. The summed E-state index contributed by atoms with van der Waals surface area (Å²) in [6.45, 7) is 3.48. The smallest absolute Gasteiger partial charge is 0.330 e. The maximum Gasteiger partial charge on any atom is 0.419 e. The number of hydrogen-bond donors (Lipinski definition) is 1. The third-order valence-corrected chi connectivity index (χ3v) is 3.12. The second-order valence-corrected chi connectivity index (χ2v) is 4.78. The predicted octanol–water partition coefficient (Wildman–Crippen LogP) is 4.09. The van der Waals surface area contributed by atoms with Gasteiger partial charge in [-0.2, -0.15) is 13.2 Å². The number of benzene rings is 1. The molecular formula is C13H16F5N. The van der Waals surface area contributed by atoms with E-state index >= 15 is 0 Å². The van der Waals surface area contributed by atoms with Gasteiger partial charge in [0.25, 0.3) is 0 Å². The average molecular weight is 281 g/mol. The van der Waals surface area contributed by atoms with E-state index in [2.05, 4.69) is 0 Å². The van der Waals surface area contributed by atoms with Crippen LogP contribution in [-0.4, -0.2) is 6.54 Å². The van der Waals surface area contributed by atoms with Gasteiger partial charge in [0, 0.05) is 5.92 Å². The van der Waals surface area contributed by atoms with E-state index in [1.165, 1.54) is 0 Å². The summed E-state index contributed by atoms with van der Waals surface area (Å²) >= 11 is 0. The Morgan fingerprint density at radius 2 is 1.79 bits per heavy atom. The highest BCUT2D eigenvalue weighted by atomic mass is 19.4. The lowest BCUT2D eigenvalue weighted by Crippen LogP contribution is -2.25. The standard InChI is InChI=1S/C13H16F5N/c1-7(2)9(6-19)12(15)8-3-4-11(14)10(5-8)13(16,17)18/h3-5,7,9,12H,6,19H2,1-2H3. The van der Waals surface area contributed by atoms with Gasteiger partial charge in [-0.1, -0.05) is 19.9 Å². The molecule has 6 heteroatoms. The predicted molar refractivity (Wildman–Crippen MR) is 62.6 cm³/mol. The van der Waals surface area contributed by atoms with Gasteiger partial charge in [0.1, 0.15) is 12.0 Å². The fourth-order valence-electron chi connectivity index (χ4n) is 1.91. The Labute approximate surface area is 108 Å². The second kappa shape index (κ2) is 5.86. The minimum absolute atomic E-state index is 0.0115. The molecule has 0 aliphatic rings. The molecule has 2 unspecified atom stereocenters. The highest BCUT2D eigenvalue weighted by molar-refractivity contribution is 5.29. The van der Waals surface area contributed by atoms with Crippen LogP contribution in [0.5, 0.6) is 0 Å². The van der Waals surface area contributed by atoms with Gasteiger partial charge in [-0.05, 0) is 30.2 Å². The number of nitrogens with two attached hydrogens (primary N) is 1. The summed E-state index contributed by atoms with van der Waals surface area (Å²) in [5.41, 5.74) is 3.78. The molecule has 0 heterocycles. The van der Waals surface area contributed by atoms with Crippen LogP contribution in [-0.2, 0) is 6.18 Å². The first-order valence-corrected chi connectivity index (χ1v) is 5.89. The SMILES string of the molecule is CC(C)C(CN)C(F)c1ccc(F)c(C(F)(F)F)c1. The molecule has 0 amide bonds. The van der Waals surface area contributed by atoms with E-state index in [1.807, 2.05) is 0 Å². The molecule has 108 valence electrons. The van der Waals surface area contributed by atoms with Gasteiger partial charge in [-0.25, -0.2) is 8.78 Å². The molecule has 0 radical (unpaired) electrons. The average Bonchev–Trinajstić information content (AvgIpc) is 2.28. The molecule has 0 fully saturated rings. The zero-order valence-electron chi connectivity index (χ0n) is 10.6. The van der Waals surface area contributed by atoms with Gasteiger partial charge in [0.05, 0.1) is 5.56 Å². The monoisotopic (exact) mass is 281 g/mol. The van der Waals surface area contributed by atoms with Gasteiger partial charge >= 0.3 is 6.18 Å². The quantitative estimate of drug-likeness (QED) is 0.827. The summed E-state index contributed by atoms with van der Waals surface area (Å²) in [5.74, 6) is -2.14. The summed E-state index contributed by atoms with van der Waals surface area (Å²) < 4.78 is 64.9. The fraction of sp³-hybridized carbons (Fsp3) is 0.538. The van der Waals surface area contributed by atoms with E-state index in [9.17, 15) is 22.0 Å². The molecule has 1 nitrogen and oxygen atoms in total. The van der Waals surface area contributed by atoms with E-state index in [4.69, 9.17) is 5.73 Å². The normalized spacial score (nSPS) is 15.6. The number of hydrogen-bond acceptors (Lipinski definition) is 1. The van der Waals surface area contributed by atoms with Gasteiger partial charge in [-0.3, -0.25) is 0 Å². The van der Waals surface area contributed by atoms with E-state index in [1.54, 1.807) is 13.8 Å². The van der Waals surface area contributed by atoms with Gasteiger partial charge in [-0.15, -0.1) is 0 Å². The third-order valence-electron chi connectivity index (χ3n) is 3.12. The first-order valence-electron chi connectivity index (χ1n) is 5.89. The lowest BCUT2D eigenvalue weighted by atomic mass is 9.87. The summed E-state index contributed by atoms with van der Waals surface area (Å²) in [7, 11) is 0. The molecule has 19 heavy (non-hydrogen) atoms. The minimum atomic E-state index is -4.84. The lowest BCUT2D eigenvalue weighted by molar-refractivity contribution is -0.140. The summed E-state index contributed by atoms with van der Waals surface area (Å²) in [5, 5.41) is 0. The Kier molecular flexibility index (Phi) is 4.90.